The minimum Gasteiger partial charge on any atom is -0.399 e. The summed E-state index contributed by atoms with van der Waals surface area (Å²) in [6.45, 7) is 5.78. The van der Waals surface area contributed by atoms with E-state index < -0.39 is 0 Å². The highest BCUT2D eigenvalue weighted by molar-refractivity contribution is 5.44. The highest BCUT2D eigenvalue weighted by atomic mass is 15.2. The number of hydrogen-bond donors (Lipinski definition) is 1. The number of hydrogen-bond acceptors (Lipinski definition) is 4. The van der Waals surface area contributed by atoms with Crippen molar-refractivity contribution in [1.29, 1.82) is 0 Å². The van der Waals surface area contributed by atoms with Crippen molar-refractivity contribution in [3.8, 4) is 0 Å². The molecule has 2 N–H and O–H groups in total. The Kier molecular flexibility index (Phi) is 3.77. The Labute approximate surface area is 107 Å². The molecule has 0 saturated carbocycles. The van der Waals surface area contributed by atoms with Crippen LogP contribution in [0.25, 0.3) is 0 Å². The normalized spacial score (nSPS) is 10.3. The van der Waals surface area contributed by atoms with Gasteiger partial charge in [-0.25, -0.2) is 9.97 Å². The van der Waals surface area contributed by atoms with Gasteiger partial charge >= 0.3 is 0 Å². The lowest BCUT2D eigenvalue weighted by Crippen LogP contribution is -2.23. The molecule has 0 bridgehead atoms. The fourth-order valence-corrected chi connectivity index (χ4v) is 1.88. The van der Waals surface area contributed by atoms with Crippen LogP contribution < -0.4 is 10.6 Å². The highest BCUT2D eigenvalue weighted by Crippen LogP contribution is 2.15. The van der Waals surface area contributed by atoms with Gasteiger partial charge in [-0.2, -0.15) is 0 Å². The number of aromatic nitrogens is 2. The lowest BCUT2D eigenvalue weighted by atomic mass is 10.2. The molecule has 1 aromatic carbocycles. The maximum Gasteiger partial charge on any atom is 0.132 e. The van der Waals surface area contributed by atoms with Crippen LogP contribution >= 0.6 is 0 Å². The first kappa shape index (κ1) is 12.4. The third-order valence-corrected chi connectivity index (χ3v) is 2.82. The summed E-state index contributed by atoms with van der Waals surface area (Å²) in [6.07, 6.45) is 1.60. The standard InChI is InChI=1S/C14H18N4/c1-3-18(14-7-11(2)16-10-17-14)9-12-5-4-6-13(15)8-12/h4-8,10H,3,9,15H2,1-2H3. The highest BCUT2D eigenvalue weighted by Gasteiger charge is 2.07. The molecule has 0 saturated heterocycles. The Hall–Kier alpha value is -2.10. The zero-order valence-corrected chi connectivity index (χ0v) is 10.8. The van der Waals surface area contributed by atoms with Crippen molar-refractivity contribution in [2.24, 2.45) is 0 Å². The number of aryl methyl sites for hydroxylation is 1. The molecule has 0 aliphatic rings. The van der Waals surface area contributed by atoms with Crippen molar-refractivity contribution in [3.63, 3.8) is 0 Å². The summed E-state index contributed by atoms with van der Waals surface area (Å²) in [5.41, 5.74) is 8.75. The van der Waals surface area contributed by atoms with Gasteiger partial charge < -0.3 is 10.6 Å². The Balaban J connectivity index is 2.19. The molecular weight excluding hydrogens is 224 g/mol. The Morgan fingerprint density at radius 2 is 2.06 bits per heavy atom. The van der Waals surface area contributed by atoms with Crippen LogP contribution in [0.15, 0.2) is 36.7 Å². The van der Waals surface area contributed by atoms with E-state index in [0.717, 1.165) is 30.3 Å². The number of nitrogen functional groups attached to an aromatic ring is 1. The third kappa shape index (κ3) is 2.97. The second-order valence-electron chi connectivity index (χ2n) is 4.28. The average Bonchev–Trinajstić information content (AvgIpc) is 2.36. The van der Waals surface area contributed by atoms with Crippen LogP contribution in [0.5, 0.6) is 0 Å². The van der Waals surface area contributed by atoms with Gasteiger partial charge in [0, 0.05) is 30.5 Å². The average molecular weight is 242 g/mol. The minimum atomic E-state index is 0.794. The van der Waals surface area contributed by atoms with E-state index in [9.17, 15) is 0 Å². The van der Waals surface area contributed by atoms with Gasteiger partial charge in [-0.1, -0.05) is 12.1 Å². The zero-order chi connectivity index (χ0) is 13.0. The molecule has 1 heterocycles. The molecule has 0 fully saturated rings. The number of nitrogens with two attached hydrogens (primary N) is 1. The van der Waals surface area contributed by atoms with E-state index in [1.165, 1.54) is 5.56 Å². The van der Waals surface area contributed by atoms with Crippen LogP contribution in [0.3, 0.4) is 0 Å². The van der Waals surface area contributed by atoms with Gasteiger partial charge in [0.25, 0.3) is 0 Å². The Morgan fingerprint density at radius 3 is 2.72 bits per heavy atom. The summed E-state index contributed by atoms with van der Waals surface area (Å²) in [4.78, 5) is 10.6. The molecule has 0 spiro atoms. The molecule has 2 aromatic rings. The molecule has 0 amide bonds. The van der Waals surface area contributed by atoms with E-state index in [1.54, 1.807) is 6.33 Å². The van der Waals surface area contributed by atoms with Crippen molar-refractivity contribution in [3.05, 3.63) is 47.9 Å². The van der Waals surface area contributed by atoms with Crippen LogP contribution in [0, 0.1) is 6.92 Å². The molecule has 0 atom stereocenters. The van der Waals surface area contributed by atoms with Crippen molar-refractivity contribution in [2.45, 2.75) is 20.4 Å². The summed E-state index contributed by atoms with van der Waals surface area (Å²) >= 11 is 0. The molecule has 1 aromatic heterocycles. The lowest BCUT2D eigenvalue weighted by Gasteiger charge is -2.22. The fraction of sp³-hybridized carbons (Fsp3) is 0.286. The largest absolute Gasteiger partial charge is 0.399 e. The topological polar surface area (TPSA) is 55.0 Å². The maximum atomic E-state index is 5.79. The molecule has 18 heavy (non-hydrogen) atoms. The first-order valence-corrected chi connectivity index (χ1v) is 6.07. The number of rotatable bonds is 4. The van der Waals surface area contributed by atoms with Crippen LogP contribution in [0.2, 0.25) is 0 Å². The molecular formula is C14H18N4. The van der Waals surface area contributed by atoms with Gasteiger partial charge in [0.05, 0.1) is 0 Å². The van der Waals surface area contributed by atoms with Crippen molar-refractivity contribution in [2.75, 3.05) is 17.2 Å². The Bertz CT molecular complexity index is 525. The second-order valence-corrected chi connectivity index (χ2v) is 4.28. The van der Waals surface area contributed by atoms with Crippen LogP contribution in [-0.2, 0) is 6.54 Å². The van der Waals surface area contributed by atoms with Crippen molar-refractivity contribution in [1.82, 2.24) is 9.97 Å². The maximum absolute atomic E-state index is 5.79. The van der Waals surface area contributed by atoms with Crippen LogP contribution in [0.4, 0.5) is 11.5 Å². The summed E-state index contributed by atoms with van der Waals surface area (Å²) in [6, 6.07) is 9.94. The third-order valence-electron chi connectivity index (χ3n) is 2.82. The molecule has 4 nitrogen and oxygen atoms in total. The zero-order valence-electron chi connectivity index (χ0n) is 10.8. The molecule has 0 radical (unpaired) electrons. The summed E-state index contributed by atoms with van der Waals surface area (Å²) < 4.78 is 0. The molecule has 0 aliphatic heterocycles. The lowest BCUT2D eigenvalue weighted by molar-refractivity contribution is 0.808. The van der Waals surface area contributed by atoms with E-state index in [2.05, 4.69) is 27.9 Å². The molecule has 94 valence electrons. The van der Waals surface area contributed by atoms with Crippen molar-refractivity contribution >= 4 is 11.5 Å². The predicted molar refractivity (Wildman–Crippen MR) is 74.3 cm³/mol. The van der Waals surface area contributed by atoms with Gasteiger partial charge in [-0.05, 0) is 31.5 Å². The fourth-order valence-electron chi connectivity index (χ4n) is 1.88. The SMILES string of the molecule is CCN(Cc1cccc(N)c1)c1cc(C)ncn1. The monoisotopic (exact) mass is 242 g/mol. The van der Waals surface area contributed by atoms with Gasteiger partial charge in [0.2, 0.25) is 0 Å². The van der Waals surface area contributed by atoms with E-state index in [0.29, 0.717) is 0 Å². The summed E-state index contributed by atoms with van der Waals surface area (Å²) in [5, 5.41) is 0. The summed E-state index contributed by atoms with van der Waals surface area (Å²) in [5.74, 6) is 0.951. The summed E-state index contributed by atoms with van der Waals surface area (Å²) in [7, 11) is 0. The molecule has 2 rings (SSSR count). The van der Waals surface area contributed by atoms with Gasteiger partial charge in [-0.3, -0.25) is 0 Å². The van der Waals surface area contributed by atoms with Gasteiger partial charge in [0.15, 0.2) is 0 Å². The minimum absolute atomic E-state index is 0.794. The first-order valence-electron chi connectivity index (χ1n) is 6.07. The van der Waals surface area contributed by atoms with Gasteiger partial charge in [-0.15, -0.1) is 0 Å². The van der Waals surface area contributed by atoms with Gasteiger partial charge in [0.1, 0.15) is 12.1 Å². The first-order chi connectivity index (χ1) is 8.69. The van der Waals surface area contributed by atoms with E-state index in [-0.39, 0.29) is 0 Å². The number of nitrogens with zero attached hydrogens (tertiary/aromatic N) is 3. The quantitative estimate of drug-likeness (QED) is 0.836. The smallest absolute Gasteiger partial charge is 0.132 e. The Morgan fingerprint density at radius 1 is 1.22 bits per heavy atom. The predicted octanol–water partition coefficient (Wildman–Crippen LogP) is 2.39. The van der Waals surface area contributed by atoms with Crippen LogP contribution in [-0.4, -0.2) is 16.5 Å². The van der Waals surface area contributed by atoms with Crippen LogP contribution in [0.1, 0.15) is 18.2 Å². The number of anilines is 2. The van der Waals surface area contributed by atoms with Crippen molar-refractivity contribution < 1.29 is 0 Å². The molecule has 0 aliphatic carbocycles. The van der Waals surface area contributed by atoms with E-state index in [4.69, 9.17) is 5.73 Å². The van der Waals surface area contributed by atoms with E-state index in [1.807, 2.05) is 31.2 Å². The van der Waals surface area contributed by atoms with E-state index >= 15 is 0 Å². The number of benzene rings is 1. The molecule has 0 unspecified atom stereocenters. The second kappa shape index (κ2) is 5.49. The molecule has 4 heteroatoms.